The minimum atomic E-state index is 0.226. The molecule has 0 aromatic rings. The van der Waals surface area contributed by atoms with Crippen LogP contribution in [0.5, 0.6) is 0 Å². The molecule has 0 aromatic carbocycles. The first-order chi connectivity index (χ1) is 4.79. The number of hydrogen-bond acceptors (Lipinski definition) is 2. The van der Waals surface area contributed by atoms with Gasteiger partial charge in [-0.25, -0.2) is 0 Å². The van der Waals surface area contributed by atoms with E-state index in [1.807, 2.05) is 0 Å². The van der Waals surface area contributed by atoms with Crippen molar-refractivity contribution in [3.63, 3.8) is 0 Å². The predicted octanol–water partition coefficient (Wildman–Crippen LogP) is 0.237. The molecule has 2 bridgehead atoms. The molecular weight excluding hydrogens is 124 g/mol. The van der Waals surface area contributed by atoms with Gasteiger partial charge in [-0.2, -0.15) is 0 Å². The molecule has 4 N–H and O–H groups in total. The van der Waals surface area contributed by atoms with E-state index in [2.05, 4.69) is 12.2 Å². The summed E-state index contributed by atoms with van der Waals surface area (Å²) in [4.78, 5) is 0. The lowest BCUT2D eigenvalue weighted by atomic mass is 9.70. The van der Waals surface area contributed by atoms with Crippen LogP contribution in [0.2, 0.25) is 0 Å². The Labute approximate surface area is 61.3 Å². The summed E-state index contributed by atoms with van der Waals surface area (Å²) in [5.41, 5.74) is 11.8. The number of fused-ring (bicyclic) bond motifs is 2. The van der Waals surface area contributed by atoms with Gasteiger partial charge in [0.15, 0.2) is 0 Å². The molecule has 0 spiro atoms. The Morgan fingerprint density at radius 3 is 1.50 bits per heavy atom. The van der Waals surface area contributed by atoms with E-state index in [9.17, 15) is 0 Å². The molecule has 4 unspecified atom stereocenters. The molecule has 56 valence electrons. The summed E-state index contributed by atoms with van der Waals surface area (Å²) >= 11 is 0. The van der Waals surface area contributed by atoms with Gasteiger partial charge >= 0.3 is 0 Å². The van der Waals surface area contributed by atoms with Crippen LogP contribution in [0.3, 0.4) is 0 Å². The maximum Gasteiger partial charge on any atom is 0.0261 e. The van der Waals surface area contributed by atoms with Crippen molar-refractivity contribution < 1.29 is 0 Å². The van der Waals surface area contributed by atoms with Crippen molar-refractivity contribution in [3.8, 4) is 0 Å². The monoisotopic (exact) mass is 138 g/mol. The molecule has 0 aromatic heterocycles. The Bertz CT molecular complexity index is 147. The Morgan fingerprint density at radius 1 is 0.900 bits per heavy atom. The van der Waals surface area contributed by atoms with Gasteiger partial charge in [-0.15, -0.1) is 0 Å². The van der Waals surface area contributed by atoms with Gasteiger partial charge in [0.2, 0.25) is 0 Å². The molecule has 3 rings (SSSR count). The van der Waals surface area contributed by atoms with E-state index >= 15 is 0 Å². The predicted molar refractivity (Wildman–Crippen MR) is 41.3 cm³/mol. The van der Waals surface area contributed by atoms with Crippen molar-refractivity contribution >= 4 is 0 Å². The van der Waals surface area contributed by atoms with Gasteiger partial charge in [0.05, 0.1) is 0 Å². The van der Waals surface area contributed by atoms with Crippen molar-refractivity contribution in [1.82, 2.24) is 0 Å². The van der Waals surface area contributed by atoms with E-state index in [1.165, 1.54) is 12.8 Å². The zero-order valence-electron chi connectivity index (χ0n) is 6.03. The van der Waals surface area contributed by atoms with Gasteiger partial charge < -0.3 is 11.5 Å². The molecule has 1 saturated carbocycles. The molecule has 3 aliphatic carbocycles. The van der Waals surface area contributed by atoms with Crippen LogP contribution in [-0.4, -0.2) is 12.1 Å². The fraction of sp³-hybridized carbons (Fsp3) is 0.750. The van der Waals surface area contributed by atoms with Gasteiger partial charge in [-0.05, 0) is 24.7 Å². The van der Waals surface area contributed by atoms with Crippen molar-refractivity contribution in [2.45, 2.75) is 24.9 Å². The zero-order chi connectivity index (χ0) is 7.14. The average molecular weight is 138 g/mol. The Hall–Kier alpha value is -0.340. The standard InChI is InChI=1S/C8H14N2/c9-7-5-1-2-6(4-3-5)8(7)10/h1-2,5-8H,3-4,9-10H2. The SMILES string of the molecule is NC1C2C=CC(CC2)C1N. The highest BCUT2D eigenvalue weighted by Gasteiger charge is 2.35. The maximum absolute atomic E-state index is 5.89. The van der Waals surface area contributed by atoms with Crippen molar-refractivity contribution in [2.24, 2.45) is 23.3 Å². The summed E-state index contributed by atoms with van der Waals surface area (Å²) in [6.45, 7) is 0. The summed E-state index contributed by atoms with van der Waals surface area (Å²) in [6.07, 6.45) is 6.97. The highest BCUT2D eigenvalue weighted by atomic mass is 14.8. The molecule has 0 amide bonds. The maximum atomic E-state index is 5.89. The first-order valence-corrected chi connectivity index (χ1v) is 3.98. The minimum Gasteiger partial charge on any atom is -0.326 e. The van der Waals surface area contributed by atoms with Crippen LogP contribution in [0.1, 0.15) is 12.8 Å². The largest absolute Gasteiger partial charge is 0.326 e. The molecule has 0 saturated heterocycles. The second-order valence-corrected chi connectivity index (χ2v) is 3.44. The third kappa shape index (κ3) is 0.724. The lowest BCUT2D eigenvalue weighted by Crippen LogP contribution is -2.55. The fourth-order valence-electron chi connectivity index (χ4n) is 2.08. The van der Waals surface area contributed by atoms with Crippen LogP contribution in [0.4, 0.5) is 0 Å². The number of hydrogen-bond donors (Lipinski definition) is 2. The van der Waals surface area contributed by atoms with Crippen LogP contribution in [0, 0.1) is 11.8 Å². The van der Waals surface area contributed by atoms with Gasteiger partial charge in [-0.3, -0.25) is 0 Å². The summed E-state index contributed by atoms with van der Waals surface area (Å²) in [5, 5.41) is 0. The Balaban J connectivity index is 2.25. The molecule has 2 nitrogen and oxygen atoms in total. The van der Waals surface area contributed by atoms with Crippen molar-refractivity contribution in [3.05, 3.63) is 12.2 Å². The summed E-state index contributed by atoms with van der Waals surface area (Å²) < 4.78 is 0. The average Bonchev–Trinajstić information content (AvgIpc) is 2.00. The van der Waals surface area contributed by atoms with Crippen LogP contribution < -0.4 is 11.5 Å². The molecular formula is C8H14N2. The molecule has 3 aliphatic rings. The summed E-state index contributed by atoms with van der Waals surface area (Å²) in [7, 11) is 0. The molecule has 1 fully saturated rings. The smallest absolute Gasteiger partial charge is 0.0261 e. The molecule has 0 aliphatic heterocycles. The number of nitrogens with two attached hydrogens (primary N) is 2. The second-order valence-electron chi connectivity index (χ2n) is 3.44. The topological polar surface area (TPSA) is 52.0 Å². The van der Waals surface area contributed by atoms with Crippen LogP contribution >= 0.6 is 0 Å². The first-order valence-electron chi connectivity index (χ1n) is 3.98. The third-order valence-corrected chi connectivity index (χ3v) is 2.87. The zero-order valence-corrected chi connectivity index (χ0v) is 6.03. The van der Waals surface area contributed by atoms with E-state index in [1.54, 1.807) is 0 Å². The molecule has 2 heteroatoms. The highest BCUT2D eigenvalue weighted by Crippen LogP contribution is 2.34. The molecule has 10 heavy (non-hydrogen) atoms. The Morgan fingerprint density at radius 2 is 1.30 bits per heavy atom. The summed E-state index contributed by atoms with van der Waals surface area (Å²) in [5.74, 6) is 1.14. The molecule has 4 atom stereocenters. The van der Waals surface area contributed by atoms with E-state index in [0.29, 0.717) is 11.8 Å². The minimum absolute atomic E-state index is 0.226. The van der Waals surface area contributed by atoms with Gasteiger partial charge in [0.1, 0.15) is 0 Å². The normalized spacial score (nSPS) is 51.8. The van der Waals surface area contributed by atoms with Crippen molar-refractivity contribution in [1.29, 1.82) is 0 Å². The van der Waals surface area contributed by atoms with E-state index in [-0.39, 0.29) is 12.1 Å². The van der Waals surface area contributed by atoms with Crippen molar-refractivity contribution in [2.75, 3.05) is 0 Å². The fourth-order valence-corrected chi connectivity index (χ4v) is 2.08. The van der Waals surface area contributed by atoms with Crippen LogP contribution in [0.25, 0.3) is 0 Å². The van der Waals surface area contributed by atoms with Gasteiger partial charge in [0.25, 0.3) is 0 Å². The second kappa shape index (κ2) is 2.07. The third-order valence-electron chi connectivity index (χ3n) is 2.87. The van der Waals surface area contributed by atoms with E-state index in [4.69, 9.17) is 11.5 Å². The Kier molecular flexibility index (Phi) is 1.32. The van der Waals surface area contributed by atoms with Gasteiger partial charge in [0, 0.05) is 12.1 Å². The highest BCUT2D eigenvalue weighted by molar-refractivity contribution is 5.13. The van der Waals surface area contributed by atoms with Gasteiger partial charge in [-0.1, -0.05) is 12.2 Å². The van der Waals surface area contributed by atoms with E-state index < -0.39 is 0 Å². The molecule has 0 heterocycles. The first kappa shape index (κ1) is 6.38. The van der Waals surface area contributed by atoms with Crippen LogP contribution in [-0.2, 0) is 0 Å². The van der Waals surface area contributed by atoms with E-state index in [0.717, 1.165) is 0 Å². The summed E-state index contributed by atoms with van der Waals surface area (Å²) in [6, 6.07) is 0.451. The lowest BCUT2D eigenvalue weighted by molar-refractivity contribution is 0.244. The van der Waals surface area contributed by atoms with Crippen LogP contribution in [0.15, 0.2) is 12.2 Å². The number of rotatable bonds is 0. The lowest BCUT2D eigenvalue weighted by Gasteiger charge is -2.41. The molecule has 0 radical (unpaired) electrons. The quantitative estimate of drug-likeness (QED) is 0.471.